The number of ether oxygens (including phenoxy) is 2. The minimum atomic E-state index is -0.548. The van der Waals surface area contributed by atoms with Crippen molar-refractivity contribution in [1.82, 2.24) is 0 Å². The molecular formula is C21H17NO4. The summed E-state index contributed by atoms with van der Waals surface area (Å²) >= 11 is 0. The van der Waals surface area contributed by atoms with Crippen molar-refractivity contribution in [3.8, 4) is 5.75 Å². The molecule has 0 heterocycles. The first-order chi connectivity index (χ1) is 12.7. The molecule has 26 heavy (non-hydrogen) atoms. The number of carbonyl (C=O) groups excluding carboxylic acids is 2. The molecular weight excluding hydrogens is 330 g/mol. The van der Waals surface area contributed by atoms with Gasteiger partial charge in [-0.25, -0.2) is 14.5 Å². The SMILES string of the molecule is COC(=O)c1ccc(OC(=O)N(c2ccccc2)c2ccccc2)cc1. The molecule has 0 aromatic heterocycles. The van der Waals surface area contributed by atoms with Gasteiger partial charge in [-0.1, -0.05) is 36.4 Å². The number of benzene rings is 3. The molecule has 1 amide bonds. The lowest BCUT2D eigenvalue weighted by atomic mass is 10.2. The topological polar surface area (TPSA) is 55.8 Å². The third-order valence-corrected chi connectivity index (χ3v) is 3.69. The third-order valence-electron chi connectivity index (χ3n) is 3.69. The summed E-state index contributed by atoms with van der Waals surface area (Å²) in [4.78, 5) is 25.8. The van der Waals surface area contributed by atoms with Gasteiger partial charge in [0.2, 0.25) is 0 Å². The first kappa shape index (κ1) is 17.2. The zero-order chi connectivity index (χ0) is 18.4. The van der Waals surface area contributed by atoms with Crippen LogP contribution in [0.5, 0.6) is 5.75 Å². The molecule has 0 aliphatic carbocycles. The average Bonchev–Trinajstić information content (AvgIpc) is 2.70. The highest BCUT2D eigenvalue weighted by Gasteiger charge is 2.20. The van der Waals surface area contributed by atoms with E-state index in [1.54, 1.807) is 24.3 Å². The number of anilines is 2. The molecule has 0 saturated heterocycles. The molecule has 0 aliphatic rings. The Balaban J connectivity index is 1.85. The molecule has 0 N–H and O–H groups in total. The van der Waals surface area contributed by atoms with Crippen LogP contribution in [0.3, 0.4) is 0 Å². The van der Waals surface area contributed by atoms with Gasteiger partial charge in [-0.15, -0.1) is 0 Å². The van der Waals surface area contributed by atoms with E-state index in [0.29, 0.717) is 22.7 Å². The summed E-state index contributed by atoms with van der Waals surface area (Å²) in [6, 6.07) is 24.7. The molecule has 0 atom stereocenters. The van der Waals surface area contributed by atoms with E-state index in [9.17, 15) is 9.59 Å². The lowest BCUT2D eigenvalue weighted by Crippen LogP contribution is -2.29. The van der Waals surface area contributed by atoms with Gasteiger partial charge < -0.3 is 9.47 Å². The summed E-state index contributed by atoms with van der Waals surface area (Å²) in [5.74, 6) is -0.113. The smallest absolute Gasteiger partial charge is 0.424 e. The Kier molecular flexibility index (Phi) is 5.29. The second kappa shape index (κ2) is 7.98. The molecule has 0 fully saturated rings. The lowest BCUT2D eigenvalue weighted by molar-refractivity contribution is 0.0600. The predicted octanol–water partition coefficient (Wildman–Crippen LogP) is 4.81. The maximum absolute atomic E-state index is 12.8. The first-order valence-corrected chi connectivity index (χ1v) is 7.99. The van der Waals surface area contributed by atoms with Crippen LogP contribution in [-0.4, -0.2) is 19.2 Å². The van der Waals surface area contributed by atoms with Gasteiger partial charge in [0, 0.05) is 0 Å². The van der Waals surface area contributed by atoms with E-state index in [2.05, 4.69) is 4.74 Å². The van der Waals surface area contributed by atoms with Crippen LogP contribution < -0.4 is 9.64 Å². The van der Waals surface area contributed by atoms with Crippen LogP contribution in [0.25, 0.3) is 0 Å². The highest BCUT2D eigenvalue weighted by molar-refractivity contribution is 5.97. The third kappa shape index (κ3) is 3.89. The van der Waals surface area contributed by atoms with Crippen molar-refractivity contribution < 1.29 is 19.1 Å². The van der Waals surface area contributed by atoms with Crippen molar-refractivity contribution in [3.63, 3.8) is 0 Å². The maximum atomic E-state index is 12.8. The van der Waals surface area contributed by atoms with E-state index in [1.165, 1.54) is 12.0 Å². The Bertz CT molecular complexity index is 837. The fourth-order valence-electron chi connectivity index (χ4n) is 2.44. The quantitative estimate of drug-likeness (QED) is 0.636. The molecule has 0 radical (unpaired) electrons. The number of nitrogens with zero attached hydrogens (tertiary/aromatic N) is 1. The summed E-state index contributed by atoms with van der Waals surface area (Å²) in [6.45, 7) is 0. The molecule has 0 spiro atoms. The van der Waals surface area contributed by atoms with Crippen LogP contribution in [0.15, 0.2) is 84.9 Å². The van der Waals surface area contributed by atoms with Crippen molar-refractivity contribution in [2.24, 2.45) is 0 Å². The van der Waals surface area contributed by atoms with E-state index in [1.807, 2.05) is 60.7 Å². The summed E-state index contributed by atoms with van der Waals surface area (Å²) < 4.78 is 10.1. The highest BCUT2D eigenvalue weighted by Crippen LogP contribution is 2.26. The molecule has 5 heteroatoms. The van der Waals surface area contributed by atoms with Crippen LogP contribution >= 0.6 is 0 Å². The number of methoxy groups -OCH3 is 1. The minimum absolute atomic E-state index is 0.333. The van der Waals surface area contributed by atoms with Gasteiger partial charge in [0.25, 0.3) is 0 Å². The Morgan fingerprint density at radius 1 is 0.731 bits per heavy atom. The average molecular weight is 347 g/mol. The van der Waals surface area contributed by atoms with Crippen LogP contribution in [0.1, 0.15) is 10.4 Å². The second-order valence-electron chi connectivity index (χ2n) is 5.39. The predicted molar refractivity (Wildman–Crippen MR) is 98.8 cm³/mol. The lowest BCUT2D eigenvalue weighted by Gasteiger charge is -2.22. The van der Waals surface area contributed by atoms with Crippen LogP contribution in [0, 0.1) is 0 Å². The molecule has 3 rings (SSSR count). The fraction of sp³-hybridized carbons (Fsp3) is 0.0476. The maximum Gasteiger partial charge on any atom is 0.424 e. The number of rotatable bonds is 4. The highest BCUT2D eigenvalue weighted by atomic mass is 16.6. The standard InChI is InChI=1S/C21H17NO4/c1-25-20(23)16-12-14-19(15-13-16)26-21(24)22(17-8-4-2-5-9-17)18-10-6-3-7-11-18/h2-15H,1H3. The van der Waals surface area contributed by atoms with E-state index in [4.69, 9.17) is 4.74 Å². The second-order valence-corrected chi connectivity index (χ2v) is 5.39. The van der Waals surface area contributed by atoms with Crippen molar-refractivity contribution in [1.29, 1.82) is 0 Å². The zero-order valence-corrected chi connectivity index (χ0v) is 14.2. The van der Waals surface area contributed by atoms with Crippen LogP contribution in [-0.2, 0) is 4.74 Å². The van der Waals surface area contributed by atoms with Crippen LogP contribution in [0.4, 0.5) is 16.2 Å². The Hall–Kier alpha value is -3.60. The van der Waals surface area contributed by atoms with Gasteiger partial charge in [0.05, 0.1) is 24.0 Å². The normalized spacial score (nSPS) is 10.0. The van der Waals surface area contributed by atoms with E-state index >= 15 is 0 Å². The minimum Gasteiger partial charge on any atom is -0.465 e. The number of amides is 1. The summed E-state index contributed by atoms with van der Waals surface area (Å²) in [5.41, 5.74) is 1.76. The molecule has 0 unspecified atom stereocenters. The zero-order valence-electron chi connectivity index (χ0n) is 14.2. The van der Waals surface area contributed by atoms with Gasteiger partial charge in [-0.05, 0) is 48.5 Å². The van der Waals surface area contributed by atoms with E-state index in [-0.39, 0.29) is 0 Å². The number of hydrogen-bond acceptors (Lipinski definition) is 4. The van der Waals surface area contributed by atoms with Crippen LogP contribution in [0.2, 0.25) is 0 Å². The summed E-state index contributed by atoms with van der Waals surface area (Å²) in [7, 11) is 1.31. The van der Waals surface area contributed by atoms with E-state index < -0.39 is 12.1 Å². The van der Waals surface area contributed by atoms with Gasteiger partial charge in [0.15, 0.2) is 0 Å². The molecule has 130 valence electrons. The van der Waals surface area contributed by atoms with Gasteiger partial charge in [-0.3, -0.25) is 0 Å². The largest absolute Gasteiger partial charge is 0.465 e. The molecule has 5 nitrogen and oxygen atoms in total. The van der Waals surface area contributed by atoms with Gasteiger partial charge in [0.1, 0.15) is 5.75 Å². The van der Waals surface area contributed by atoms with Gasteiger partial charge >= 0.3 is 12.1 Å². The van der Waals surface area contributed by atoms with Crippen molar-refractivity contribution in [2.75, 3.05) is 12.0 Å². The first-order valence-electron chi connectivity index (χ1n) is 7.99. The monoisotopic (exact) mass is 347 g/mol. The summed E-state index contributed by atoms with van der Waals surface area (Å²) in [6.07, 6.45) is -0.548. The molecule has 3 aromatic rings. The number of hydrogen-bond donors (Lipinski definition) is 0. The fourth-order valence-corrected chi connectivity index (χ4v) is 2.44. The molecule has 3 aromatic carbocycles. The van der Waals surface area contributed by atoms with Crippen molar-refractivity contribution >= 4 is 23.4 Å². The summed E-state index contributed by atoms with van der Waals surface area (Å²) in [5, 5.41) is 0. The molecule has 0 saturated carbocycles. The molecule has 0 bridgehead atoms. The Morgan fingerprint density at radius 2 is 1.23 bits per heavy atom. The number of para-hydroxylation sites is 2. The van der Waals surface area contributed by atoms with Gasteiger partial charge in [-0.2, -0.15) is 0 Å². The Labute approximate surface area is 151 Å². The number of esters is 1. The van der Waals surface area contributed by atoms with Crippen molar-refractivity contribution in [3.05, 3.63) is 90.5 Å². The molecule has 0 aliphatic heterocycles. The van der Waals surface area contributed by atoms with Crippen molar-refractivity contribution in [2.45, 2.75) is 0 Å². The van der Waals surface area contributed by atoms with E-state index in [0.717, 1.165) is 0 Å². The number of carbonyl (C=O) groups is 2. The Morgan fingerprint density at radius 3 is 1.69 bits per heavy atom.